The van der Waals surface area contributed by atoms with Gasteiger partial charge in [-0.1, -0.05) is 12.1 Å². The molecule has 0 aliphatic carbocycles. The zero-order valence-corrected chi connectivity index (χ0v) is 11.8. The van der Waals surface area contributed by atoms with Crippen molar-refractivity contribution < 1.29 is 9.53 Å². The Labute approximate surface area is 114 Å². The van der Waals surface area contributed by atoms with E-state index in [1.807, 2.05) is 36.2 Å². The predicted molar refractivity (Wildman–Crippen MR) is 75.2 cm³/mol. The van der Waals surface area contributed by atoms with Gasteiger partial charge in [0.25, 0.3) is 0 Å². The molecule has 19 heavy (non-hydrogen) atoms. The van der Waals surface area contributed by atoms with Crippen LogP contribution in [0.15, 0.2) is 24.3 Å². The quantitative estimate of drug-likeness (QED) is 0.900. The molecule has 0 saturated carbocycles. The van der Waals surface area contributed by atoms with Gasteiger partial charge in [0.05, 0.1) is 19.1 Å². The van der Waals surface area contributed by atoms with Crippen LogP contribution in [0, 0.1) is 5.92 Å². The molecule has 1 saturated heterocycles. The van der Waals surface area contributed by atoms with E-state index in [2.05, 4.69) is 12.2 Å². The van der Waals surface area contributed by atoms with Crippen molar-refractivity contribution in [1.82, 2.24) is 10.2 Å². The van der Waals surface area contributed by atoms with Crippen molar-refractivity contribution in [2.75, 3.05) is 27.2 Å². The van der Waals surface area contributed by atoms with Crippen LogP contribution >= 0.6 is 0 Å². The molecule has 1 fully saturated rings. The number of benzene rings is 1. The summed E-state index contributed by atoms with van der Waals surface area (Å²) in [5.74, 6) is 1.20. The first-order chi connectivity index (χ1) is 9.13. The molecule has 4 nitrogen and oxygen atoms in total. The summed E-state index contributed by atoms with van der Waals surface area (Å²) in [5.41, 5.74) is 1.13. The molecule has 0 radical (unpaired) electrons. The van der Waals surface area contributed by atoms with E-state index in [1.54, 1.807) is 7.11 Å². The lowest BCUT2D eigenvalue weighted by Crippen LogP contribution is -2.35. The lowest BCUT2D eigenvalue weighted by atomic mass is 10.0. The largest absolute Gasteiger partial charge is 0.497 e. The minimum atomic E-state index is 0.0824. The van der Waals surface area contributed by atoms with Crippen molar-refractivity contribution in [3.8, 4) is 5.75 Å². The molecule has 1 aliphatic rings. The van der Waals surface area contributed by atoms with Crippen LogP contribution < -0.4 is 10.1 Å². The lowest BCUT2D eigenvalue weighted by Gasteiger charge is -2.27. The lowest BCUT2D eigenvalue weighted by molar-refractivity contribution is -0.135. The van der Waals surface area contributed by atoms with Gasteiger partial charge in [-0.05, 0) is 37.6 Å². The molecule has 1 N–H and O–H groups in total. The number of methoxy groups -OCH3 is 1. The molecule has 2 rings (SSSR count). The van der Waals surface area contributed by atoms with Gasteiger partial charge in [-0.25, -0.2) is 0 Å². The van der Waals surface area contributed by atoms with Crippen molar-refractivity contribution in [1.29, 1.82) is 0 Å². The molecule has 1 amide bonds. The Hall–Kier alpha value is -1.55. The summed E-state index contributed by atoms with van der Waals surface area (Å²) in [6.45, 7) is 3.81. The number of hydrogen-bond donors (Lipinski definition) is 1. The average Bonchev–Trinajstić information content (AvgIpc) is 2.99. The number of hydrogen-bond acceptors (Lipinski definition) is 3. The van der Waals surface area contributed by atoms with Crippen molar-refractivity contribution in [2.45, 2.75) is 19.4 Å². The van der Waals surface area contributed by atoms with E-state index in [9.17, 15) is 4.79 Å². The molecule has 104 valence electrons. The van der Waals surface area contributed by atoms with E-state index >= 15 is 0 Å². The van der Waals surface area contributed by atoms with Gasteiger partial charge in [0.1, 0.15) is 5.75 Å². The van der Waals surface area contributed by atoms with Gasteiger partial charge in [-0.2, -0.15) is 0 Å². The minimum Gasteiger partial charge on any atom is -0.497 e. The highest BCUT2D eigenvalue weighted by molar-refractivity contribution is 5.79. The molecule has 1 heterocycles. The van der Waals surface area contributed by atoms with Gasteiger partial charge in [-0.3, -0.25) is 4.79 Å². The van der Waals surface area contributed by atoms with E-state index < -0.39 is 0 Å². The normalized spacial score (nSPS) is 20.1. The van der Waals surface area contributed by atoms with Crippen LogP contribution in [0.25, 0.3) is 0 Å². The van der Waals surface area contributed by atoms with Gasteiger partial charge in [0.15, 0.2) is 0 Å². The summed E-state index contributed by atoms with van der Waals surface area (Å²) in [6, 6.07) is 7.97. The van der Waals surface area contributed by atoms with E-state index in [0.29, 0.717) is 0 Å². The van der Waals surface area contributed by atoms with E-state index in [0.717, 1.165) is 30.8 Å². The van der Waals surface area contributed by atoms with Crippen LogP contribution in [0.3, 0.4) is 0 Å². The van der Waals surface area contributed by atoms with E-state index in [1.165, 1.54) is 0 Å². The van der Waals surface area contributed by atoms with Crippen LogP contribution in [0.1, 0.15) is 24.9 Å². The molecule has 1 aliphatic heterocycles. The SMILES string of the molecule is COc1ccc(C(C)N(C)C(=O)C2CCNC2)cc1. The Balaban J connectivity index is 2.04. The van der Waals surface area contributed by atoms with Crippen LogP contribution in [-0.4, -0.2) is 38.1 Å². The zero-order chi connectivity index (χ0) is 13.8. The van der Waals surface area contributed by atoms with E-state index in [-0.39, 0.29) is 17.9 Å². The maximum atomic E-state index is 12.3. The molecular weight excluding hydrogens is 240 g/mol. The molecule has 0 aromatic heterocycles. The van der Waals surface area contributed by atoms with Crippen LogP contribution in [0.2, 0.25) is 0 Å². The average molecular weight is 262 g/mol. The summed E-state index contributed by atoms with van der Waals surface area (Å²) >= 11 is 0. The third-order valence-electron chi connectivity index (χ3n) is 3.94. The fourth-order valence-electron chi connectivity index (χ4n) is 2.45. The Kier molecular flexibility index (Phi) is 4.43. The molecule has 1 aromatic rings. The number of carbonyl (C=O) groups excluding carboxylic acids is 1. The molecule has 0 bridgehead atoms. The summed E-state index contributed by atoms with van der Waals surface area (Å²) in [5, 5.41) is 3.24. The van der Waals surface area contributed by atoms with Gasteiger partial charge >= 0.3 is 0 Å². The Morgan fingerprint density at radius 1 is 1.42 bits per heavy atom. The smallest absolute Gasteiger partial charge is 0.227 e. The molecule has 1 aromatic carbocycles. The second kappa shape index (κ2) is 6.06. The molecular formula is C15H22N2O2. The van der Waals surface area contributed by atoms with Crippen molar-refractivity contribution >= 4 is 5.91 Å². The molecule has 2 unspecified atom stereocenters. The number of amides is 1. The topological polar surface area (TPSA) is 41.6 Å². The first kappa shape index (κ1) is 13.9. The van der Waals surface area contributed by atoms with Crippen molar-refractivity contribution in [2.24, 2.45) is 5.92 Å². The fourth-order valence-corrected chi connectivity index (χ4v) is 2.45. The number of nitrogens with zero attached hydrogens (tertiary/aromatic N) is 1. The summed E-state index contributed by atoms with van der Waals surface area (Å²) in [7, 11) is 3.54. The minimum absolute atomic E-state index is 0.0824. The monoisotopic (exact) mass is 262 g/mol. The second-order valence-corrected chi connectivity index (χ2v) is 5.09. The first-order valence-electron chi connectivity index (χ1n) is 6.75. The third kappa shape index (κ3) is 3.07. The Morgan fingerprint density at radius 2 is 2.11 bits per heavy atom. The highest BCUT2D eigenvalue weighted by Gasteiger charge is 2.27. The van der Waals surface area contributed by atoms with Crippen LogP contribution in [0.4, 0.5) is 0 Å². The molecule has 0 spiro atoms. The standard InChI is InChI=1S/C15H22N2O2/c1-11(12-4-6-14(19-3)7-5-12)17(2)15(18)13-8-9-16-10-13/h4-7,11,13,16H,8-10H2,1-3H3. The summed E-state index contributed by atoms with van der Waals surface area (Å²) < 4.78 is 5.15. The number of ether oxygens (including phenoxy) is 1. The second-order valence-electron chi connectivity index (χ2n) is 5.09. The van der Waals surface area contributed by atoms with Gasteiger partial charge in [0.2, 0.25) is 5.91 Å². The first-order valence-corrected chi connectivity index (χ1v) is 6.75. The predicted octanol–water partition coefficient (Wildman–Crippen LogP) is 1.82. The van der Waals surface area contributed by atoms with Crippen molar-refractivity contribution in [3.63, 3.8) is 0 Å². The highest BCUT2D eigenvalue weighted by Crippen LogP contribution is 2.24. The summed E-state index contributed by atoms with van der Waals surface area (Å²) in [6.07, 6.45) is 0.943. The van der Waals surface area contributed by atoms with Gasteiger partial charge in [-0.15, -0.1) is 0 Å². The third-order valence-corrected chi connectivity index (χ3v) is 3.94. The highest BCUT2D eigenvalue weighted by atomic mass is 16.5. The Bertz CT molecular complexity index is 424. The van der Waals surface area contributed by atoms with Crippen LogP contribution in [-0.2, 0) is 4.79 Å². The number of rotatable bonds is 4. The molecule has 2 atom stereocenters. The number of carbonyl (C=O) groups is 1. The maximum absolute atomic E-state index is 12.3. The maximum Gasteiger partial charge on any atom is 0.227 e. The summed E-state index contributed by atoms with van der Waals surface area (Å²) in [4.78, 5) is 14.2. The number of nitrogens with one attached hydrogen (secondary N) is 1. The van der Waals surface area contributed by atoms with Crippen molar-refractivity contribution in [3.05, 3.63) is 29.8 Å². The fraction of sp³-hybridized carbons (Fsp3) is 0.533. The van der Waals surface area contributed by atoms with E-state index in [4.69, 9.17) is 4.74 Å². The Morgan fingerprint density at radius 3 is 2.63 bits per heavy atom. The van der Waals surface area contributed by atoms with Gasteiger partial charge in [0, 0.05) is 13.6 Å². The zero-order valence-electron chi connectivity index (χ0n) is 11.8. The van der Waals surface area contributed by atoms with Crippen LogP contribution in [0.5, 0.6) is 5.75 Å². The molecule has 4 heteroatoms. The van der Waals surface area contributed by atoms with Gasteiger partial charge < -0.3 is 15.0 Å².